The average molecular weight is 307 g/mol. The summed E-state index contributed by atoms with van der Waals surface area (Å²) < 4.78 is 10.2. The summed E-state index contributed by atoms with van der Waals surface area (Å²) in [6.45, 7) is 4.60. The lowest BCUT2D eigenvalue weighted by molar-refractivity contribution is -0.144. The van der Waals surface area contributed by atoms with Gasteiger partial charge in [0.1, 0.15) is 12.3 Å². The summed E-state index contributed by atoms with van der Waals surface area (Å²) in [6.07, 6.45) is 1.86. The highest BCUT2D eigenvalue weighted by Gasteiger charge is 2.16. The Morgan fingerprint density at radius 1 is 1.27 bits per heavy atom. The van der Waals surface area contributed by atoms with Crippen molar-refractivity contribution in [3.63, 3.8) is 0 Å². The Hall–Kier alpha value is -2.04. The first-order chi connectivity index (χ1) is 10.4. The second-order valence-corrected chi connectivity index (χ2v) is 5.65. The SMILES string of the molecule is COc1cccc(C(=O)N(C)CC(=O)OCCCC(C)C)c1. The van der Waals surface area contributed by atoms with Crippen LogP contribution in [0, 0.1) is 5.92 Å². The third-order valence-electron chi connectivity index (χ3n) is 3.22. The number of esters is 1. The maximum atomic E-state index is 12.2. The Balaban J connectivity index is 2.44. The van der Waals surface area contributed by atoms with Gasteiger partial charge in [0, 0.05) is 12.6 Å². The minimum Gasteiger partial charge on any atom is -0.497 e. The van der Waals surface area contributed by atoms with Crippen molar-refractivity contribution in [3.8, 4) is 5.75 Å². The molecule has 1 rings (SSSR count). The molecular weight excluding hydrogens is 282 g/mol. The standard InChI is InChI=1S/C17H25NO4/c1-13(2)7-6-10-22-16(19)12-18(3)17(20)14-8-5-9-15(11-14)21-4/h5,8-9,11,13H,6-7,10,12H2,1-4H3. The van der Waals surface area contributed by atoms with E-state index in [0.717, 1.165) is 12.8 Å². The first-order valence-electron chi connectivity index (χ1n) is 7.49. The van der Waals surface area contributed by atoms with Gasteiger partial charge in [0.05, 0.1) is 13.7 Å². The number of hydrogen-bond acceptors (Lipinski definition) is 4. The highest BCUT2D eigenvalue weighted by atomic mass is 16.5. The quantitative estimate of drug-likeness (QED) is 0.547. The van der Waals surface area contributed by atoms with Gasteiger partial charge in [-0.15, -0.1) is 0 Å². The summed E-state index contributed by atoms with van der Waals surface area (Å²) in [5.74, 6) is 0.576. The molecule has 1 aromatic carbocycles. The highest BCUT2D eigenvalue weighted by Crippen LogP contribution is 2.14. The van der Waals surface area contributed by atoms with Crippen molar-refractivity contribution < 1.29 is 19.1 Å². The summed E-state index contributed by atoms with van der Waals surface area (Å²) in [5, 5.41) is 0. The number of likely N-dealkylation sites (N-methyl/N-ethyl adjacent to an activating group) is 1. The maximum absolute atomic E-state index is 12.2. The van der Waals surface area contributed by atoms with Gasteiger partial charge < -0.3 is 14.4 Å². The lowest BCUT2D eigenvalue weighted by Crippen LogP contribution is -2.33. The second kappa shape index (κ2) is 9.07. The molecule has 0 heterocycles. The van der Waals surface area contributed by atoms with Crippen molar-refractivity contribution in [2.75, 3.05) is 27.3 Å². The van der Waals surface area contributed by atoms with Gasteiger partial charge in [0.2, 0.25) is 0 Å². The first-order valence-corrected chi connectivity index (χ1v) is 7.49. The van der Waals surface area contributed by atoms with Crippen molar-refractivity contribution in [2.45, 2.75) is 26.7 Å². The molecular formula is C17H25NO4. The number of carbonyl (C=O) groups excluding carboxylic acids is 2. The summed E-state index contributed by atoms with van der Waals surface area (Å²) >= 11 is 0. The van der Waals surface area contributed by atoms with Crippen LogP contribution < -0.4 is 4.74 Å². The van der Waals surface area contributed by atoms with Gasteiger partial charge in [-0.1, -0.05) is 19.9 Å². The number of hydrogen-bond donors (Lipinski definition) is 0. The van der Waals surface area contributed by atoms with Crippen LogP contribution in [-0.2, 0) is 9.53 Å². The van der Waals surface area contributed by atoms with Crippen molar-refractivity contribution >= 4 is 11.9 Å². The average Bonchev–Trinajstić information content (AvgIpc) is 2.50. The van der Waals surface area contributed by atoms with Crippen molar-refractivity contribution in [1.82, 2.24) is 4.90 Å². The zero-order chi connectivity index (χ0) is 16.5. The molecule has 122 valence electrons. The van der Waals surface area contributed by atoms with E-state index in [1.54, 1.807) is 38.4 Å². The lowest BCUT2D eigenvalue weighted by atomic mass is 10.1. The van der Waals surface area contributed by atoms with E-state index in [4.69, 9.17) is 9.47 Å². The molecule has 1 aromatic rings. The number of ether oxygens (including phenoxy) is 2. The molecule has 0 aromatic heterocycles. The molecule has 0 bridgehead atoms. The van der Waals surface area contributed by atoms with Crippen LogP contribution in [0.4, 0.5) is 0 Å². The molecule has 0 spiro atoms. The first kappa shape index (κ1) is 18.0. The van der Waals surface area contributed by atoms with E-state index in [1.165, 1.54) is 4.90 Å². The number of nitrogens with zero attached hydrogens (tertiary/aromatic N) is 1. The summed E-state index contributed by atoms with van der Waals surface area (Å²) in [7, 11) is 3.12. The monoisotopic (exact) mass is 307 g/mol. The number of carbonyl (C=O) groups is 2. The molecule has 1 amide bonds. The maximum Gasteiger partial charge on any atom is 0.325 e. The summed E-state index contributed by atoms with van der Waals surface area (Å²) in [6, 6.07) is 6.84. The van der Waals surface area contributed by atoms with Gasteiger partial charge in [0.15, 0.2) is 0 Å². The lowest BCUT2D eigenvalue weighted by Gasteiger charge is -2.17. The Kier molecular flexibility index (Phi) is 7.43. The normalized spacial score (nSPS) is 10.4. The van der Waals surface area contributed by atoms with Gasteiger partial charge >= 0.3 is 5.97 Å². The summed E-state index contributed by atoms with van der Waals surface area (Å²) in [5.41, 5.74) is 0.481. The number of methoxy groups -OCH3 is 1. The van der Waals surface area contributed by atoms with Crippen LogP contribution in [0.3, 0.4) is 0 Å². The third kappa shape index (κ3) is 6.16. The molecule has 0 fully saturated rings. The number of benzene rings is 1. The fourth-order valence-electron chi connectivity index (χ4n) is 1.97. The smallest absolute Gasteiger partial charge is 0.325 e. The Labute approximate surface area is 132 Å². The van der Waals surface area contributed by atoms with Gasteiger partial charge in [-0.25, -0.2) is 0 Å². The van der Waals surface area contributed by atoms with Gasteiger partial charge in [0.25, 0.3) is 5.91 Å². The van der Waals surface area contributed by atoms with Crippen LogP contribution in [0.15, 0.2) is 24.3 Å². The fourth-order valence-corrected chi connectivity index (χ4v) is 1.97. The molecule has 0 saturated heterocycles. The molecule has 0 unspecified atom stereocenters. The predicted octanol–water partition coefficient (Wildman–Crippen LogP) is 2.75. The molecule has 5 nitrogen and oxygen atoms in total. The van der Waals surface area contributed by atoms with Gasteiger partial charge in [-0.2, -0.15) is 0 Å². The van der Waals surface area contributed by atoms with Gasteiger partial charge in [-0.3, -0.25) is 9.59 Å². The van der Waals surface area contributed by atoms with Crippen molar-refractivity contribution in [3.05, 3.63) is 29.8 Å². The molecule has 0 atom stereocenters. The zero-order valence-corrected chi connectivity index (χ0v) is 13.8. The second-order valence-electron chi connectivity index (χ2n) is 5.65. The molecule has 22 heavy (non-hydrogen) atoms. The van der Waals surface area contributed by atoms with E-state index in [0.29, 0.717) is 23.8 Å². The van der Waals surface area contributed by atoms with Crippen molar-refractivity contribution in [2.24, 2.45) is 5.92 Å². The number of amides is 1. The molecule has 0 aliphatic carbocycles. The molecule has 0 aliphatic heterocycles. The van der Waals surface area contributed by atoms with E-state index in [9.17, 15) is 9.59 Å². The Morgan fingerprint density at radius 3 is 2.64 bits per heavy atom. The Morgan fingerprint density at radius 2 is 2.00 bits per heavy atom. The van der Waals surface area contributed by atoms with Crippen LogP contribution in [0.1, 0.15) is 37.0 Å². The molecule has 0 radical (unpaired) electrons. The molecule has 0 saturated carbocycles. The van der Waals surface area contributed by atoms with Crippen LogP contribution in [0.25, 0.3) is 0 Å². The van der Waals surface area contributed by atoms with Crippen molar-refractivity contribution in [1.29, 1.82) is 0 Å². The van der Waals surface area contributed by atoms with E-state index < -0.39 is 0 Å². The minimum absolute atomic E-state index is 0.0578. The molecule has 5 heteroatoms. The largest absolute Gasteiger partial charge is 0.497 e. The Bertz CT molecular complexity index is 499. The van der Waals surface area contributed by atoms with E-state index in [-0.39, 0.29) is 18.4 Å². The van der Waals surface area contributed by atoms with Crippen LogP contribution in [0.5, 0.6) is 5.75 Å². The third-order valence-corrected chi connectivity index (χ3v) is 3.22. The van der Waals surface area contributed by atoms with Crippen LogP contribution in [-0.4, -0.2) is 44.1 Å². The predicted molar refractivity (Wildman–Crippen MR) is 85.0 cm³/mol. The van der Waals surface area contributed by atoms with Crippen LogP contribution in [0.2, 0.25) is 0 Å². The number of rotatable bonds is 8. The summed E-state index contributed by atoms with van der Waals surface area (Å²) in [4.78, 5) is 25.3. The highest BCUT2D eigenvalue weighted by molar-refractivity contribution is 5.96. The van der Waals surface area contributed by atoms with E-state index >= 15 is 0 Å². The van der Waals surface area contributed by atoms with E-state index in [1.807, 2.05) is 0 Å². The molecule has 0 aliphatic rings. The molecule has 0 N–H and O–H groups in total. The fraction of sp³-hybridized carbons (Fsp3) is 0.529. The minimum atomic E-state index is -0.387. The van der Waals surface area contributed by atoms with Gasteiger partial charge in [-0.05, 0) is 37.0 Å². The topological polar surface area (TPSA) is 55.8 Å². The van der Waals surface area contributed by atoms with E-state index in [2.05, 4.69) is 13.8 Å². The zero-order valence-electron chi connectivity index (χ0n) is 13.8. The van der Waals surface area contributed by atoms with Crippen LogP contribution >= 0.6 is 0 Å².